The van der Waals surface area contributed by atoms with Gasteiger partial charge in [0.05, 0.1) is 58.3 Å². The quantitative estimate of drug-likeness (QED) is 0.168. The van der Waals surface area contributed by atoms with Crippen molar-refractivity contribution in [1.29, 1.82) is 0 Å². The summed E-state index contributed by atoms with van der Waals surface area (Å²) in [6.07, 6.45) is 0.582. The molecule has 3 rings (SSSR count). The molecular weight excluding hydrogens is 592 g/mol. The van der Waals surface area contributed by atoms with E-state index < -0.39 is 44.4 Å². The van der Waals surface area contributed by atoms with Crippen LogP contribution in [0.5, 0.6) is 0 Å². The SMILES string of the molecule is [B]C([B])(c1ccc(F)c(CNc2cccc(C=O)c2CN(C)C(O)(C(=O)NC)C([B])([B])C([B])([B])C=O)c1)N1CC(C)(C)OC(C)(C)C1. The third-order valence-corrected chi connectivity index (χ3v) is 8.52. The standard InChI is InChI=1S/C31H37B6FN4O5/c1-26(2)16-42(17-27(3,4)47-26)30(34,35)21-10-11-23(38)20(12-21)13-40-24-9-7-8-19(15-43)22(24)14-41(6)29(46,25(45)39-5)31(36,37)28(32,33)18-44/h7-12,15,18,40,46H,13-14,16-17H2,1-6H3,(H,39,45). The highest BCUT2D eigenvalue weighted by atomic mass is 19.1. The minimum Gasteiger partial charge on any atom is -0.381 e. The van der Waals surface area contributed by atoms with Crippen LogP contribution in [0.1, 0.15) is 54.7 Å². The molecule has 9 nitrogen and oxygen atoms in total. The Hall–Kier alpha value is -2.79. The summed E-state index contributed by atoms with van der Waals surface area (Å²) in [5, 5.41) is 10.2. The molecule has 0 bridgehead atoms. The lowest BCUT2D eigenvalue weighted by Gasteiger charge is -2.54. The van der Waals surface area contributed by atoms with Gasteiger partial charge in [-0.15, -0.1) is 0 Å². The molecule has 0 aromatic heterocycles. The topological polar surface area (TPSA) is 111 Å². The second-order valence-electron chi connectivity index (χ2n) is 13.5. The van der Waals surface area contributed by atoms with Gasteiger partial charge in [0.15, 0.2) is 5.72 Å². The van der Waals surface area contributed by atoms with Crippen LogP contribution in [-0.4, -0.2) is 125 Å². The number of aldehydes is 2. The number of anilines is 1. The Morgan fingerprint density at radius 3 is 2.19 bits per heavy atom. The molecule has 2 aromatic carbocycles. The van der Waals surface area contributed by atoms with Crippen molar-refractivity contribution in [3.05, 3.63) is 64.5 Å². The monoisotopic (exact) mass is 630 g/mol. The Bertz CT molecular complexity index is 1490. The van der Waals surface area contributed by atoms with Crippen molar-refractivity contribution in [3.8, 4) is 0 Å². The Kier molecular flexibility index (Phi) is 11.2. The Morgan fingerprint density at radius 1 is 1.06 bits per heavy atom. The molecule has 1 aliphatic heterocycles. The zero-order valence-corrected chi connectivity index (χ0v) is 27.8. The van der Waals surface area contributed by atoms with Crippen LogP contribution in [0.3, 0.4) is 0 Å². The fourth-order valence-corrected chi connectivity index (χ4v) is 6.04. The molecule has 3 N–H and O–H groups in total. The van der Waals surface area contributed by atoms with Crippen molar-refractivity contribution in [2.45, 2.75) is 73.5 Å². The predicted molar refractivity (Wildman–Crippen MR) is 185 cm³/mol. The van der Waals surface area contributed by atoms with E-state index in [9.17, 15) is 19.5 Å². The van der Waals surface area contributed by atoms with Crippen molar-refractivity contribution in [2.75, 3.05) is 32.5 Å². The summed E-state index contributed by atoms with van der Waals surface area (Å²) in [7, 11) is 39.6. The molecule has 1 atom stereocenters. The highest BCUT2D eigenvalue weighted by molar-refractivity contribution is 6.60. The van der Waals surface area contributed by atoms with Gasteiger partial charge < -0.3 is 30.2 Å². The molecule has 1 fully saturated rings. The van der Waals surface area contributed by atoms with E-state index in [1.54, 1.807) is 18.2 Å². The number of carbonyl (C=O) groups is 3. The Labute approximate surface area is 285 Å². The van der Waals surface area contributed by atoms with Gasteiger partial charge in [-0.2, -0.15) is 0 Å². The minimum absolute atomic E-state index is 0.0158. The number of aliphatic hydroxyl groups is 1. The van der Waals surface area contributed by atoms with E-state index in [0.29, 0.717) is 30.6 Å². The number of carbonyl (C=O) groups excluding carboxylic acids is 3. The average molecular weight is 630 g/mol. The third kappa shape index (κ3) is 7.61. The molecule has 12 radical (unpaired) electrons. The number of nitrogens with one attached hydrogen (secondary N) is 2. The van der Waals surface area contributed by atoms with Crippen LogP contribution in [0.4, 0.5) is 10.1 Å². The minimum atomic E-state index is -2.87. The van der Waals surface area contributed by atoms with E-state index in [-0.39, 0.29) is 36.1 Å². The fourth-order valence-electron chi connectivity index (χ4n) is 6.04. The molecule has 236 valence electrons. The van der Waals surface area contributed by atoms with Crippen LogP contribution in [0, 0.1) is 5.82 Å². The molecule has 1 aliphatic rings. The predicted octanol–water partition coefficient (Wildman–Crippen LogP) is 0.559. The first-order chi connectivity index (χ1) is 21.5. The van der Waals surface area contributed by atoms with Crippen LogP contribution in [0.25, 0.3) is 0 Å². The first-order valence-electron chi connectivity index (χ1n) is 14.9. The number of rotatable bonds is 13. The van der Waals surface area contributed by atoms with Crippen molar-refractivity contribution in [2.24, 2.45) is 0 Å². The molecule has 1 heterocycles. The third-order valence-electron chi connectivity index (χ3n) is 8.52. The van der Waals surface area contributed by atoms with E-state index in [2.05, 4.69) is 10.6 Å². The highest BCUT2D eigenvalue weighted by Gasteiger charge is 2.57. The number of likely N-dealkylation sites (N-methyl/N-ethyl adjacent to an activating group) is 2. The zero-order chi connectivity index (χ0) is 35.8. The summed E-state index contributed by atoms with van der Waals surface area (Å²) in [6.45, 7) is 8.23. The van der Waals surface area contributed by atoms with Gasteiger partial charge in [-0.05, 0) is 63.3 Å². The molecule has 0 saturated carbocycles. The number of morpholine rings is 1. The summed E-state index contributed by atoms with van der Waals surface area (Å²) < 4.78 is 21.3. The molecule has 0 spiro atoms. The van der Waals surface area contributed by atoms with Gasteiger partial charge >= 0.3 is 0 Å². The van der Waals surface area contributed by atoms with Gasteiger partial charge in [0.2, 0.25) is 0 Å². The number of ether oxygens (including phenoxy) is 1. The Balaban J connectivity index is 1.97. The average Bonchev–Trinajstić information content (AvgIpc) is 2.98. The second-order valence-corrected chi connectivity index (χ2v) is 13.5. The van der Waals surface area contributed by atoms with Crippen molar-refractivity contribution < 1.29 is 28.6 Å². The first-order valence-corrected chi connectivity index (χ1v) is 14.9. The largest absolute Gasteiger partial charge is 0.381 e. The molecule has 2 aromatic rings. The lowest BCUT2D eigenvalue weighted by Crippen LogP contribution is -2.67. The maximum absolute atomic E-state index is 15.2. The van der Waals surface area contributed by atoms with Crippen molar-refractivity contribution >= 4 is 71.2 Å². The van der Waals surface area contributed by atoms with E-state index in [0.717, 1.165) is 4.90 Å². The van der Waals surface area contributed by atoms with Gasteiger partial charge in [-0.1, -0.05) is 34.7 Å². The van der Waals surface area contributed by atoms with Gasteiger partial charge in [0.25, 0.3) is 5.91 Å². The number of nitrogens with zero attached hydrogens (tertiary/aromatic N) is 2. The van der Waals surface area contributed by atoms with Crippen molar-refractivity contribution in [1.82, 2.24) is 15.1 Å². The molecule has 16 heteroatoms. The van der Waals surface area contributed by atoms with Crippen molar-refractivity contribution in [3.63, 3.8) is 0 Å². The summed E-state index contributed by atoms with van der Waals surface area (Å²) in [5.41, 5.74) is -2.48. The van der Waals surface area contributed by atoms with Crippen LogP contribution < -0.4 is 10.6 Å². The second kappa shape index (κ2) is 13.6. The van der Waals surface area contributed by atoms with Gasteiger partial charge in [-0.25, -0.2) is 4.39 Å². The fraction of sp³-hybridized carbons (Fsp3) is 0.516. The molecule has 0 aliphatic carbocycles. The molecule has 1 unspecified atom stereocenters. The van der Waals surface area contributed by atoms with Crippen LogP contribution in [0.15, 0.2) is 36.4 Å². The smallest absolute Gasteiger partial charge is 0.266 e. The number of amides is 1. The number of halogens is 1. The van der Waals surface area contributed by atoms with E-state index in [1.807, 2.05) is 32.6 Å². The summed E-state index contributed by atoms with van der Waals surface area (Å²) >= 11 is 0. The summed E-state index contributed by atoms with van der Waals surface area (Å²) in [6, 6.07) is 9.08. The molecular formula is C31H37B6FN4O5. The molecule has 1 saturated heterocycles. The summed E-state index contributed by atoms with van der Waals surface area (Å²) in [4.78, 5) is 39.7. The van der Waals surface area contributed by atoms with Crippen LogP contribution in [0.2, 0.25) is 10.4 Å². The first kappa shape index (κ1) is 38.7. The van der Waals surface area contributed by atoms with Gasteiger partial charge in [-0.3, -0.25) is 14.5 Å². The normalized spacial score (nSPS) is 18.2. The van der Waals surface area contributed by atoms with E-state index in [1.165, 1.54) is 32.3 Å². The number of hydrogen-bond acceptors (Lipinski definition) is 8. The highest BCUT2D eigenvalue weighted by Crippen LogP contribution is 2.50. The van der Waals surface area contributed by atoms with Crippen LogP contribution in [-0.2, 0) is 32.8 Å². The lowest BCUT2D eigenvalue weighted by molar-refractivity contribution is -0.186. The van der Waals surface area contributed by atoms with E-state index in [4.69, 9.17) is 51.8 Å². The molecule has 1 amide bonds. The van der Waals surface area contributed by atoms with Crippen LogP contribution >= 0.6 is 0 Å². The number of benzene rings is 2. The maximum atomic E-state index is 15.2. The lowest BCUT2D eigenvalue weighted by atomic mass is 9.27. The van der Waals surface area contributed by atoms with Gasteiger partial charge in [0, 0.05) is 50.0 Å². The number of hydrogen-bond donors (Lipinski definition) is 3. The summed E-state index contributed by atoms with van der Waals surface area (Å²) in [5.74, 6) is -1.66. The Morgan fingerprint density at radius 2 is 1.66 bits per heavy atom. The van der Waals surface area contributed by atoms with Gasteiger partial charge in [0.1, 0.15) is 18.4 Å². The molecule has 47 heavy (non-hydrogen) atoms. The van der Waals surface area contributed by atoms with E-state index >= 15 is 4.39 Å². The zero-order valence-electron chi connectivity index (χ0n) is 27.8. The maximum Gasteiger partial charge on any atom is 0.266 e.